The molecule has 1 saturated heterocycles. The fraction of sp³-hybridized carbons (Fsp3) is 0.529. The molecule has 1 heterocycles. The number of likely N-dealkylation sites (tertiary alicyclic amines) is 1. The molecule has 0 radical (unpaired) electrons. The summed E-state index contributed by atoms with van der Waals surface area (Å²) >= 11 is 0. The molecule has 0 spiro atoms. The third-order valence-electron chi connectivity index (χ3n) is 3.97. The van der Waals surface area contributed by atoms with Crippen molar-refractivity contribution in [3.8, 4) is 11.5 Å². The molecule has 2 rings (SSSR count). The molecule has 0 bridgehead atoms. The number of nitrogens with zero attached hydrogens (tertiary/aromatic N) is 1. The quantitative estimate of drug-likeness (QED) is 0.924. The average molecular weight is 320 g/mol. The number of benzene rings is 1. The second-order valence-corrected chi connectivity index (χ2v) is 6.63. The molecule has 23 heavy (non-hydrogen) atoms. The van der Waals surface area contributed by atoms with E-state index in [1.54, 1.807) is 30.2 Å². The van der Waals surface area contributed by atoms with E-state index in [2.05, 4.69) is 5.32 Å². The van der Waals surface area contributed by atoms with Crippen molar-refractivity contribution in [3.05, 3.63) is 18.2 Å². The van der Waals surface area contributed by atoms with Gasteiger partial charge in [0.2, 0.25) is 11.8 Å². The summed E-state index contributed by atoms with van der Waals surface area (Å²) < 4.78 is 10.4. The number of amides is 2. The Balaban J connectivity index is 2.10. The molecule has 1 atom stereocenters. The maximum Gasteiger partial charge on any atom is 0.229 e. The van der Waals surface area contributed by atoms with Crippen molar-refractivity contribution in [1.29, 1.82) is 0 Å². The lowest BCUT2D eigenvalue weighted by molar-refractivity contribution is -0.131. The van der Waals surface area contributed by atoms with Crippen molar-refractivity contribution in [2.24, 2.45) is 5.92 Å². The van der Waals surface area contributed by atoms with Gasteiger partial charge in [-0.2, -0.15) is 0 Å². The van der Waals surface area contributed by atoms with Crippen LogP contribution in [0.4, 0.5) is 5.69 Å². The Hall–Kier alpha value is -2.24. The smallest absolute Gasteiger partial charge is 0.229 e. The van der Waals surface area contributed by atoms with E-state index < -0.39 is 0 Å². The zero-order valence-electron chi connectivity index (χ0n) is 14.3. The van der Waals surface area contributed by atoms with Gasteiger partial charge in [0, 0.05) is 24.6 Å². The van der Waals surface area contributed by atoms with Gasteiger partial charge >= 0.3 is 0 Å². The second kappa shape index (κ2) is 6.48. The molecule has 0 aromatic heterocycles. The number of carbonyl (C=O) groups excluding carboxylic acids is 2. The Morgan fingerprint density at radius 1 is 1.26 bits per heavy atom. The van der Waals surface area contributed by atoms with E-state index >= 15 is 0 Å². The van der Waals surface area contributed by atoms with Crippen molar-refractivity contribution < 1.29 is 19.1 Å². The Morgan fingerprint density at radius 3 is 2.48 bits per heavy atom. The molecule has 1 aliphatic heterocycles. The van der Waals surface area contributed by atoms with E-state index in [4.69, 9.17) is 9.47 Å². The molecule has 0 saturated carbocycles. The Morgan fingerprint density at radius 2 is 1.96 bits per heavy atom. The van der Waals surface area contributed by atoms with Crippen LogP contribution in [0.3, 0.4) is 0 Å². The van der Waals surface area contributed by atoms with Gasteiger partial charge in [-0.05, 0) is 32.9 Å². The van der Waals surface area contributed by atoms with Gasteiger partial charge in [0.05, 0.1) is 25.8 Å². The molecule has 2 amide bonds. The van der Waals surface area contributed by atoms with Crippen molar-refractivity contribution in [2.75, 3.05) is 26.1 Å². The minimum Gasteiger partial charge on any atom is -0.497 e. The monoisotopic (exact) mass is 320 g/mol. The average Bonchev–Trinajstić information content (AvgIpc) is 2.90. The van der Waals surface area contributed by atoms with E-state index in [1.807, 2.05) is 20.8 Å². The zero-order chi connectivity index (χ0) is 17.2. The first-order valence-electron chi connectivity index (χ1n) is 7.59. The lowest BCUT2D eigenvalue weighted by Crippen LogP contribution is -2.42. The summed E-state index contributed by atoms with van der Waals surface area (Å²) in [5, 5.41) is 2.85. The standard InChI is InChI=1S/C17H24N2O4/c1-17(2,3)19-10-11(8-15(19)20)16(21)18-13-7-6-12(22-4)9-14(13)23-5/h6-7,9,11H,8,10H2,1-5H3,(H,18,21). The van der Waals surface area contributed by atoms with Gasteiger partial charge in [0.15, 0.2) is 0 Å². The van der Waals surface area contributed by atoms with Crippen molar-refractivity contribution in [1.82, 2.24) is 4.90 Å². The molecule has 1 unspecified atom stereocenters. The Bertz CT molecular complexity index is 607. The van der Waals surface area contributed by atoms with Crippen LogP contribution < -0.4 is 14.8 Å². The molecule has 6 heteroatoms. The van der Waals surface area contributed by atoms with E-state index in [0.29, 0.717) is 23.7 Å². The molecule has 0 aliphatic carbocycles. The maximum atomic E-state index is 12.5. The highest BCUT2D eigenvalue weighted by atomic mass is 16.5. The van der Waals surface area contributed by atoms with Crippen molar-refractivity contribution in [3.63, 3.8) is 0 Å². The van der Waals surface area contributed by atoms with E-state index in [-0.39, 0.29) is 29.7 Å². The topological polar surface area (TPSA) is 67.9 Å². The summed E-state index contributed by atoms with van der Waals surface area (Å²) in [6, 6.07) is 5.18. The van der Waals surface area contributed by atoms with Crippen LogP contribution >= 0.6 is 0 Å². The van der Waals surface area contributed by atoms with E-state index in [1.165, 1.54) is 7.11 Å². The summed E-state index contributed by atoms with van der Waals surface area (Å²) in [5.74, 6) is 0.658. The Kier molecular flexibility index (Phi) is 4.82. The summed E-state index contributed by atoms with van der Waals surface area (Å²) in [7, 11) is 3.10. The van der Waals surface area contributed by atoms with Crippen LogP contribution in [-0.2, 0) is 9.59 Å². The lowest BCUT2D eigenvalue weighted by Gasteiger charge is -2.31. The number of hydrogen-bond acceptors (Lipinski definition) is 4. The third-order valence-corrected chi connectivity index (χ3v) is 3.97. The van der Waals surface area contributed by atoms with Crippen LogP contribution in [-0.4, -0.2) is 43.0 Å². The number of anilines is 1. The first-order valence-corrected chi connectivity index (χ1v) is 7.59. The largest absolute Gasteiger partial charge is 0.497 e. The van der Waals surface area contributed by atoms with Crippen LogP contribution in [0.15, 0.2) is 18.2 Å². The van der Waals surface area contributed by atoms with E-state index in [9.17, 15) is 9.59 Å². The van der Waals surface area contributed by atoms with Crippen LogP contribution in [0.25, 0.3) is 0 Å². The SMILES string of the molecule is COc1ccc(NC(=O)C2CC(=O)N(C(C)(C)C)C2)c(OC)c1. The second-order valence-electron chi connectivity index (χ2n) is 6.63. The summed E-state index contributed by atoms with van der Waals surface area (Å²) in [5.41, 5.74) is 0.296. The molecule has 1 fully saturated rings. The summed E-state index contributed by atoms with van der Waals surface area (Å²) in [6.07, 6.45) is 0.238. The first kappa shape index (κ1) is 17.1. The molecule has 1 aliphatic rings. The molecular formula is C17H24N2O4. The number of ether oxygens (including phenoxy) is 2. The van der Waals surface area contributed by atoms with E-state index in [0.717, 1.165) is 0 Å². The highest BCUT2D eigenvalue weighted by molar-refractivity contribution is 5.98. The predicted molar refractivity (Wildman–Crippen MR) is 87.7 cm³/mol. The van der Waals surface area contributed by atoms with Gasteiger partial charge < -0.3 is 19.7 Å². The molecule has 6 nitrogen and oxygen atoms in total. The zero-order valence-corrected chi connectivity index (χ0v) is 14.3. The van der Waals surface area contributed by atoms with Crippen LogP contribution in [0, 0.1) is 5.92 Å². The van der Waals surface area contributed by atoms with Gasteiger partial charge in [0.25, 0.3) is 0 Å². The number of hydrogen-bond donors (Lipinski definition) is 1. The summed E-state index contributed by atoms with van der Waals surface area (Å²) in [6.45, 7) is 6.35. The fourth-order valence-corrected chi connectivity index (χ4v) is 2.67. The number of rotatable bonds is 4. The van der Waals surface area contributed by atoms with Crippen LogP contribution in [0.5, 0.6) is 11.5 Å². The Labute approximate surface area is 136 Å². The van der Waals surface area contributed by atoms with Crippen LogP contribution in [0.1, 0.15) is 27.2 Å². The van der Waals surface area contributed by atoms with Gasteiger partial charge in [-0.25, -0.2) is 0 Å². The third kappa shape index (κ3) is 3.75. The van der Waals surface area contributed by atoms with Crippen LogP contribution in [0.2, 0.25) is 0 Å². The van der Waals surface area contributed by atoms with Crippen molar-refractivity contribution >= 4 is 17.5 Å². The molecule has 1 N–H and O–H groups in total. The van der Waals surface area contributed by atoms with Gasteiger partial charge in [-0.15, -0.1) is 0 Å². The number of carbonyl (C=O) groups is 2. The summed E-state index contributed by atoms with van der Waals surface area (Å²) in [4.78, 5) is 26.3. The highest BCUT2D eigenvalue weighted by Gasteiger charge is 2.39. The van der Waals surface area contributed by atoms with Gasteiger partial charge in [-0.3, -0.25) is 9.59 Å². The van der Waals surface area contributed by atoms with Gasteiger partial charge in [0.1, 0.15) is 11.5 Å². The van der Waals surface area contributed by atoms with Crippen molar-refractivity contribution in [2.45, 2.75) is 32.7 Å². The predicted octanol–water partition coefficient (Wildman–Crippen LogP) is 2.29. The molecule has 1 aromatic rings. The highest BCUT2D eigenvalue weighted by Crippen LogP contribution is 2.31. The maximum absolute atomic E-state index is 12.5. The minimum atomic E-state index is -0.353. The molecule has 126 valence electrons. The lowest BCUT2D eigenvalue weighted by atomic mass is 10.1. The number of methoxy groups -OCH3 is 2. The van der Waals surface area contributed by atoms with Gasteiger partial charge in [-0.1, -0.05) is 0 Å². The normalized spacial score (nSPS) is 18.0. The molecule has 1 aromatic carbocycles. The number of nitrogens with one attached hydrogen (secondary N) is 1. The minimum absolute atomic E-state index is 0.0133. The molecular weight excluding hydrogens is 296 g/mol. The fourth-order valence-electron chi connectivity index (χ4n) is 2.67. The first-order chi connectivity index (χ1) is 10.8.